The van der Waals surface area contributed by atoms with Crippen molar-refractivity contribution in [3.63, 3.8) is 0 Å². The van der Waals surface area contributed by atoms with Gasteiger partial charge in [0.1, 0.15) is 0 Å². The second kappa shape index (κ2) is 25.7. The second-order valence-electron chi connectivity index (χ2n) is 14.9. The van der Waals surface area contributed by atoms with E-state index in [2.05, 4.69) is 183 Å². The molecular formula is C57H59ClN2P2Ru. The van der Waals surface area contributed by atoms with Crippen LogP contribution >= 0.6 is 28.1 Å². The summed E-state index contributed by atoms with van der Waals surface area (Å²) in [5.41, 5.74) is 14.3. The first-order valence-electron chi connectivity index (χ1n) is 21.3. The van der Waals surface area contributed by atoms with Crippen molar-refractivity contribution >= 4 is 70.9 Å². The summed E-state index contributed by atoms with van der Waals surface area (Å²) in [5.74, 6) is 0. The Morgan fingerprint density at radius 2 is 1.13 bits per heavy atom. The molecule has 0 heterocycles. The molecule has 4 unspecified atom stereocenters. The summed E-state index contributed by atoms with van der Waals surface area (Å²) in [6, 6.07) is 69.4. The van der Waals surface area contributed by atoms with Crippen molar-refractivity contribution in [3.8, 4) is 11.1 Å². The van der Waals surface area contributed by atoms with Crippen molar-refractivity contribution in [2.75, 3.05) is 0 Å². The molecule has 2 nitrogen and oxygen atoms in total. The molecule has 8 aromatic rings. The normalized spacial score (nSPS) is 13.2. The summed E-state index contributed by atoms with van der Waals surface area (Å²) in [6.45, 7) is 10.3. The van der Waals surface area contributed by atoms with E-state index in [1.807, 2.05) is 64.1 Å². The first kappa shape index (κ1) is 51.1. The fourth-order valence-corrected chi connectivity index (χ4v) is 12.6. The third-order valence-corrected chi connectivity index (χ3v) is 15.3. The van der Waals surface area contributed by atoms with Gasteiger partial charge in [0, 0.05) is 0 Å². The van der Waals surface area contributed by atoms with Crippen LogP contribution in [0, 0.1) is 0 Å². The molecule has 0 amide bonds. The van der Waals surface area contributed by atoms with Gasteiger partial charge in [-0.25, -0.2) is 0 Å². The van der Waals surface area contributed by atoms with Gasteiger partial charge in [0.15, 0.2) is 0 Å². The van der Waals surface area contributed by atoms with Crippen LogP contribution < -0.4 is 21.2 Å². The van der Waals surface area contributed by atoms with E-state index in [0.717, 1.165) is 18.4 Å². The van der Waals surface area contributed by atoms with Gasteiger partial charge in [-0.3, -0.25) is 0 Å². The molecule has 0 aliphatic carbocycles. The van der Waals surface area contributed by atoms with Crippen molar-refractivity contribution in [2.24, 2.45) is 0 Å². The maximum Gasteiger partial charge on any atom is 2.00 e. The number of nitrogens with one attached hydrogen (secondary N) is 1. The van der Waals surface area contributed by atoms with E-state index in [-0.39, 0.29) is 31.7 Å². The van der Waals surface area contributed by atoms with Gasteiger partial charge < -0.3 is 11.9 Å². The van der Waals surface area contributed by atoms with E-state index in [4.69, 9.17) is 17.3 Å². The topological polar surface area (TPSA) is 57.3 Å². The molecule has 4 atom stereocenters. The Kier molecular flexibility index (Phi) is 20.8. The molecule has 0 aliphatic heterocycles. The summed E-state index contributed by atoms with van der Waals surface area (Å²) >= 11 is 7.83. The minimum absolute atomic E-state index is 0. The molecule has 0 spiro atoms. The summed E-state index contributed by atoms with van der Waals surface area (Å²) < 4.78 is -0.526. The van der Waals surface area contributed by atoms with Gasteiger partial charge in [-0.1, -0.05) is 246 Å². The number of halogens is 1. The maximum absolute atomic E-state index is 8.05. The van der Waals surface area contributed by atoms with Crippen LogP contribution in [0.2, 0.25) is 0 Å². The first-order valence-corrected chi connectivity index (χ1v) is 24.1. The molecule has 63 heavy (non-hydrogen) atoms. The van der Waals surface area contributed by atoms with Crippen LogP contribution in [0.1, 0.15) is 58.2 Å². The zero-order valence-corrected chi connectivity index (χ0v) is 41.3. The Hall–Kier alpha value is -4.55. The van der Waals surface area contributed by atoms with Gasteiger partial charge in [0.2, 0.25) is 0 Å². The van der Waals surface area contributed by atoms with Crippen molar-refractivity contribution in [1.82, 2.24) is 0 Å². The molecular weight excluding hydrogens is 911 g/mol. The van der Waals surface area contributed by atoms with E-state index in [0.29, 0.717) is 8.58 Å². The monoisotopic (exact) mass is 970 g/mol. The van der Waals surface area contributed by atoms with E-state index in [1.165, 1.54) is 65.0 Å². The van der Waals surface area contributed by atoms with Crippen LogP contribution in [0.3, 0.4) is 0 Å². The number of rotatable bonds is 12. The third kappa shape index (κ3) is 13.3. The van der Waals surface area contributed by atoms with E-state index >= 15 is 0 Å². The van der Waals surface area contributed by atoms with Crippen molar-refractivity contribution in [1.29, 1.82) is 0 Å². The fourth-order valence-electron chi connectivity index (χ4n) is 7.85. The second-order valence-corrected chi connectivity index (χ2v) is 20.0. The molecule has 0 aliphatic rings. The molecule has 0 radical (unpaired) electrons. The summed E-state index contributed by atoms with van der Waals surface area (Å²) in [5, 5.41) is 10.4. The quantitative estimate of drug-likeness (QED) is 0.0507. The molecule has 8 rings (SSSR count). The van der Waals surface area contributed by atoms with Crippen LogP contribution in [0.25, 0.3) is 44.6 Å². The van der Waals surface area contributed by atoms with Crippen LogP contribution in [0.15, 0.2) is 218 Å². The summed E-state index contributed by atoms with van der Waals surface area (Å²) in [7, 11) is -0.463. The maximum atomic E-state index is 8.05. The molecule has 322 valence electrons. The van der Waals surface area contributed by atoms with Gasteiger partial charge in [-0.2, -0.15) is 0 Å². The van der Waals surface area contributed by atoms with Gasteiger partial charge >= 0.3 is 19.5 Å². The van der Waals surface area contributed by atoms with E-state index < -0.39 is 12.5 Å². The first-order chi connectivity index (χ1) is 29.9. The largest absolute Gasteiger partial charge is 2.00 e. The molecule has 6 heteroatoms. The van der Waals surface area contributed by atoms with Gasteiger partial charge in [0.25, 0.3) is 0 Å². The van der Waals surface area contributed by atoms with E-state index in [9.17, 15) is 0 Å². The van der Waals surface area contributed by atoms with Gasteiger partial charge in [-0.05, 0) is 101 Å². The van der Waals surface area contributed by atoms with Crippen molar-refractivity contribution < 1.29 is 19.5 Å². The number of benzene rings is 8. The zero-order chi connectivity index (χ0) is 43.0. The Morgan fingerprint density at radius 1 is 0.635 bits per heavy atom. The third-order valence-electron chi connectivity index (χ3n) is 10.6. The molecule has 0 bridgehead atoms. The molecule has 8 aromatic carbocycles. The number of nitrogens with two attached hydrogens (primary N) is 1. The summed E-state index contributed by atoms with van der Waals surface area (Å²) in [6.07, 6.45) is 7.73. The van der Waals surface area contributed by atoms with Crippen LogP contribution in [-0.2, 0) is 25.9 Å². The molecule has 0 saturated heterocycles. The average Bonchev–Trinajstić information content (AvgIpc) is 3.31. The molecule has 0 aromatic heterocycles. The number of fused-ring (bicyclic) bond motifs is 2. The SMILES string of the molecule is C/C=C\C(=C/C)CC([NH-])c1ccccc1.CC.CC(Cl)(Cc1ccccc1)P(c1ccccc1)c1ccc2ccccc2c1-c1c(Pc2ccccc2)ccc2ccccc12.[NH2-].[Ru+2]. The van der Waals surface area contributed by atoms with Gasteiger partial charge in [0.05, 0.1) is 4.62 Å². The number of hydrogen-bond acceptors (Lipinski definition) is 0. The molecule has 0 fully saturated rings. The summed E-state index contributed by atoms with van der Waals surface area (Å²) in [4.78, 5) is 0. The van der Waals surface area contributed by atoms with Crippen molar-refractivity contribution in [3.05, 3.63) is 241 Å². The Bertz CT molecular complexity index is 2650. The van der Waals surface area contributed by atoms with E-state index in [1.54, 1.807) is 0 Å². The standard InChI is InChI=1S/C41H33ClP2.C14H18N.C2H6.H2N.Ru/c1-41(42,29-30-15-5-2-6-16-30)44(34-21-9-4-10-22-34)38-28-26-32-18-12-14-24-36(32)40(38)39-35-23-13-11-17-31(35)25-27-37(39)43-33-19-7-3-8-20-33;1-3-8-12(4-2)11-14(15)13-9-6-5-7-10-13;1-2;;/h2-28,43H,29H2,1H3;3-10,14-15H,11H2,1-2H3;1-2H3;1H2;/q;-1;;-1;+2/b;8-3-,12-4+;;;. The van der Waals surface area contributed by atoms with Crippen LogP contribution in [0.5, 0.6) is 0 Å². The van der Waals surface area contributed by atoms with Crippen molar-refractivity contribution in [2.45, 2.75) is 58.1 Å². The van der Waals surface area contributed by atoms with Crippen LogP contribution in [-0.4, -0.2) is 4.62 Å². The Labute approximate surface area is 398 Å². The zero-order valence-electron chi connectivity index (χ0n) is 37.0. The average molecular weight is 971 g/mol. The number of alkyl halides is 1. The smallest absolute Gasteiger partial charge is 0.693 e. The van der Waals surface area contributed by atoms with Gasteiger partial charge in [-0.15, -0.1) is 17.6 Å². The predicted octanol–water partition coefficient (Wildman–Crippen LogP) is 16.4. The fraction of sp³-hybridized carbons (Fsp3) is 0.158. The van der Waals surface area contributed by atoms with Crippen LogP contribution in [0.4, 0.5) is 0 Å². The molecule has 3 N–H and O–H groups in total. The number of allylic oxidation sites excluding steroid dienone is 3. The minimum Gasteiger partial charge on any atom is -0.693 e. The predicted molar refractivity (Wildman–Crippen MR) is 281 cm³/mol. The Balaban J connectivity index is 0.000000391. The molecule has 0 saturated carbocycles. The minimum atomic E-state index is -0.994. The Morgan fingerprint density at radius 3 is 1.70 bits per heavy atom. The number of hydrogen-bond donors (Lipinski definition) is 0.